The van der Waals surface area contributed by atoms with Crippen LogP contribution in [0.2, 0.25) is 0 Å². The van der Waals surface area contributed by atoms with Crippen molar-refractivity contribution in [3.05, 3.63) is 48.3 Å². The standard InChI is InChI=1S/C26H34N4O4S/c1-17(2)26-11-10-20(33-24-27-12-5-13-28-24)22-21-14-29(4)15-25(34-21,23(22)26)16-30(26)35(31,32)19-8-6-18(3)7-9-19/h5-9,12-13,17,20-23H,10-11,14-16H2,1-4H3/t20-,21+,22+,23+,25+,26-/m0/s1. The van der Waals surface area contributed by atoms with Gasteiger partial charge in [-0.1, -0.05) is 31.5 Å². The van der Waals surface area contributed by atoms with Crippen molar-refractivity contribution < 1.29 is 17.9 Å². The van der Waals surface area contributed by atoms with E-state index in [0.29, 0.717) is 24.0 Å². The van der Waals surface area contributed by atoms with Crippen LogP contribution < -0.4 is 4.74 Å². The first-order chi connectivity index (χ1) is 16.7. The summed E-state index contributed by atoms with van der Waals surface area (Å²) in [5, 5.41) is 0. The highest BCUT2D eigenvalue weighted by Crippen LogP contribution is 2.64. The zero-order valence-electron chi connectivity index (χ0n) is 20.8. The van der Waals surface area contributed by atoms with Crippen LogP contribution in [-0.2, 0) is 14.8 Å². The topological polar surface area (TPSA) is 84.9 Å². The molecule has 1 aliphatic carbocycles. The fourth-order valence-electron chi connectivity index (χ4n) is 7.66. The van der Waals surface area contributed by atoms with Crippen molar-refractivity contribution in [2.24, 2.45) is 17.8 Å². The summed E-state index contributed by atoms with van der Waals surface area (Å²) < 4.78 is 43.5. The molecule has 1 aromatic carbocycles. The third-order valence-corrected chi connectivity index (χ3v) is 10.8. The minimum atomic E-state index is -3.72. The first-order valence-electron chi connectivity index (χ1n) is 12.6. The van der Waals surface area contributed by atoms with Gasteiger partial charge in [0.1, 0.15) is 11.7 Å². The lowest BCUT2D eigenvalue weighted by atomic mass is 9.59. The third kappa shape index (κ3) is 3.31. The lowest BCUT2D eigenvalue weighted by Gasteiger charge is -2.51. The van der Waals surface area contributed by atoms with Crippen LogP contribution in [0.15, 0.2) is 47.6 Å². The number of likely N-dealkylation sites (tertiary alicyclic amines) is 1. The largest absolute Gasteiger partial charge is 0.460 e. The molecule has 4 aliphatic rings. The number of ether oxygens (including phenoxy) is 2. The van der Waals surface area contributed by atoms with Gasteiger partial charge in [0.15, 0.2) is 0 Å². The van der Waals surface area contributed by atoms with Crippen molar-refractivity contribution in [2.45, 2.75) is 61.9 Å². The third-order valence-electron chi connectivity index (χ3n) is 8.88. The second-order valence-electron chi connectivity index (χ2n) is 11.2. The number of aromatic nitrogens is 2. The second kappa shape index (κ2) is 7.96. The van der Waals surface area contributed by atoms with Gasteiger partial charge in [-0.2, -0.15) is 4.31 Å². The highest BCUT2D eigenvalue weighted by Gasteiger charge is 2.76. The number of benzene rings is 1. The highest BCUT2D eigenvalue weighted by atomic mass is 32.2. The van der Waals surface area contributed by atoms with Gasteiger partial charge in [-0.25, -0.2) is 18.4 Å². The van der Waals surface area contributed by atoms with Crippen molar-refractivity contribution in [1.82, 2.24) is 19.2 Å². The molecule has 1 aromatic heterocycles. The van der Waals surface area contributed by atoms with E-state index in [4.69, 9.17) is 9.47 Å². The summed E-state index contributed by atoms with van der Waals surface area (Å²) in [6.45, 7) is 8.21. The number of fused-ring (bicyclic) bond motifs is 2. The predicted molar refractivity (Wildman–Crippen MR) is 130 cm³/mol. The Balaban J connectivity index is 1.46. The highest BCUT2D eigenvalue weighted by molar-refractivity contribution is 7.89. The molecule has 4 heterocycles. The van der Waals surface area contributed by atoms with E-state index in [1.807, 2.05) is 23.4 Å². The molecule has 188 valence electrons. The quantitative estimate of drug-likeness (QED) is 0.627. The monoisotopic (exact) mass is 498 g/mol. The lowest BCUT2D eigenvalue weighted by molar-refractivity contribution is -0.110. The number of hydrogen-bond acceptors (Lipinski definition) is 7. The van der Waals surface area contributed by atoms with Crippen LogP contribution in [0.5, 0.6) is 6.01 Å². The normalized spacial score (nSPS) is 36.9. The van der Waals surface area contributed by atoms with Crippen molar-refractivity contribution >= 4 is 10.0 Å². The smallest absolute Gasteiger partial charge is 0.316 e. The summed E-state index contributed by atoms with van der Waals surface area (Å²) in [6, 6.07) is 9.37. The Hall–Kier alpha value is -2.07. The zero-order valence-corrected chi connectivity index (χ0v) is 21.6. The molecule has 4 fully saturated rings. The van der Waals surface area contributed by atoms with Crippen LogP contribution in [0, 0.1) is 24.7 Å². The molecule has 0 N–H and O–H groups in total. The molecule has 1 spiro atoms. The van der Waals surface area contributed by atoms with Crippen LogP contribution in [-0.4, -0.2) is 77.6 Å². The first-order valence-corrected chi connectivity index (χ1v) is 14.0. The van der Waals surface area contributed by atoms with E-state index in [-0.39, 0.29) is 30.0 Å². The molecule has 3 aliphatic heterocycles. The van der Waals surface area contributed by atoms with E-state index in [9.17, 15) is 8.42 Å². The number of rotatable bonds is 5. The van der Waals surface area contributed by atoms with Gasteiger partial charge in [0.25, 0.3) is 0 Å². The van der Waals surface area contributed by atoms with E-state index in [1.165, 1.54) is 0 Å². The van der Waals surface area contributed by atoms with Crippen molar-refractivity contribution in [3.63, 3.8) is 0 Å². The summed E-state index contributed by atoms with van der Waals surface area (Å²) in [5.74, 6) is 0.225. The minimum Gasteiger partial charge on any atom is -0.460 e. The summed E-state index contributed by atoms with van der Waals surface area (Å²) in [7, 11) is -1.61. The van der Waals surface area contributed by atoms with Gasteiger partial charge >= 0.3 is 6.01 Å². The van der Waals surface area contributed by atoms with Gasteiger partial charge in [-0.3, -0.25) is 0 Å². The minimum absolute atomic E-state index is 0.00452. The van der Waals surface area contributed by atoms with Gasteiger partial charge in [-0.05, 0) is 50.9 Å². The maximum absolute atomic E-state index is 14.2. The molecule has 9 heteroatoms. The van der Waals surface area contributed by atoms with Crippen LogP contribution >= 0.6 is 0 Å². The number of aryl methyl sites for hydroxylation is 1. The summed E-state index contributed by atoms with van der Waals surface area (Å²) in [6.07, 6.45) is 4.71. The molecule has 35 heavy (non-hydrogen) atoms. The van der Waals surface area contributed by atoms with E-state index in [0.717, 1.165) is 24.9 Å². The summed E-state index contributed by atoms with van der Waals surface area (Å²) in [4.78, 5) is 11.3. The maximum Gasteiger partial charge on any atom is 0.316 e. The Morgan fingerprint density at radius 3 is 2.54 bits per heavy atom. The Morgan fingerprint density at radius 1 is 1.14 bits per heavy atom. The molecular formula is C26H34N4O4S. The predicted octanol–water partition coefficient (Wildman–Crippen LogP) is 2.74. The van der Waals surface area contributed by atoms with Crippen LogP contribution in [0.4, 0.5) is 0 Å². The molecule has 6 atom stereocenters. The number of nitrogens with zero attached hydrogens (tertiary/aromatic N) is 4. The second-order valence-corrected chi connectivity index (χ2v) is 13.0. The van der Waals surface area contributed by atoms with Crippen LogP contribution in [0.3, 0.4) is 0 Å². The molecule has 2 bridgehead atoms. The molecule has 1 saturated carbocycles. The maximum atomic E-state index is 14.2. The molecule has 8 nitrogen and oxygen atoms in total. The first kappa shape index (κ1) is 23.3. The Labute approximate surface area is 207 Å². The summed E-state index contributed by atoms with van der Waals surface area (Å²) in [5.41, 5.74) is -0.0457. The van der Waals surface area contributed by atoms with E-state index in [1.54, 1.807) is 30.6 Å². The number of morpholine rings is 1. The zero-order chi connectivity index (χ0) is 24.6. The lowest BCUT2D eigenvalue weighted by Crippen LogP contribution is -2.61. The summed E-state index contributed by atoms with van der Waals surface area (Å²) >= 11 is 0. The van der Waals surface area contributed by atoms with Gasteiger partial charge in [0.05, 0.1) is 11.0 Å². The van der Waals surface area contributed by atoms with Gasteiger partial charge < -0.3 is 14.4 Å². The van der Waals surface area contributed by atoms with E-state index < -0.39 is 21.2 Å². The number of likely N-dealkylation sites (N-methyl/N-ethyl adjacent to an activating group) is 1. The van der Waals surface area contributed by atoms with Crippen LogP contribution in [0.25, 0.3) is 0 Å². The van der Waals surface area contributed by atoms with E-state index >= 15 is 0 Å². The fourth-order valence-corrected chi connectivity index (χ4v) is 9.65. The van der Waals surface area contributed by atoms with Crippen molar-refractivity contribution in [1.29, 1.82) is 0 Å². The Kier molecular flexibility index (Phi) is 5.31. The molecule has 3 saturated heterocycles. The number of sulfonamides is 1. The molecule has 2 aromatic rings. The average Bonchev–Trinajstić information content (AvgIpc) is 3.24. The molecule has 0 amide bonds. The van der Waals surface area contributed by atoms with E-state index in [2.05, 4.69) is 35.8 Å². The molecule has 0 unspecified atom stereocenters. The molecular weight excluding hydrogens is 464 g/mol. The molecule has 6 rings (SSSR count). The number of hydrogen-bond donors (Lipinski definition) is 0. The van der Waals surface area contributed by atoms with Gasteiger partial charge in [0.2, 0.25) is 10.0 Å². The molecule has 0 radical (unpaired) electrons. The SMILES string of the molecule is Cc1ccc(S(=O)(=O)N2C[C@@]34CN(C)C[C@@H](O3)[C@H]3[C@@H](Oc5ncccn5)CC[C@]2(C(C)C)[C@H]34)cc1. The Bertz CT molecular complexity index is 1210. The van der Waals surface area contributed by atoms with Gasteiger partial charge in [0, 0.05) is 49.4 Å². The van der Waals surface area contributed by atoms with Crippen molar-refractivity contribution in [3.8, 4) is 6.01 Å². The Morgan fingerprint density at radius 2 is 1.86 bits per heavy atom. The average molecular weight is 499 g/mol. The fraction of sp³-hybridized carbons (Fsp3) is 0.615. The van der Waals surface area contributed by atoms with Crippen molar-refractivity contribution in [2.75, 3.05) is 26.7 Å². The van der Waals surface area contributed by atoms with Gasteiger partial charge in [-0.15, -0.1) is 0 Å². The van der Waals surface area contributed by atoms with Crippen LogP contribution in [0.1, 0.15) is 32.3 Å².